The molecule has 5 nitrogen and oxygen atoms in total. The van der Waals surface area contributed by atoms with Crippen molar-refractivity contribution < 1.29 is 0 Å². The predicted octanol–water partition coefficient (Wildman–Crippen LogP) is 3.83. The molecule has 4 rings (SSSR count). The first-order valence-electron chi connectivity index (χ1n) is 8.30. The predicted molar refractivity (Wildman–Crippen MR) is 94.9 cm³/mol. The van der Waals surface area contributed by atoms with Gasteiger partial charge < -0.3 is 4.98 Å². The van der Waals surface area contributed by atoms with Crippen LogP contribution in [-0.4, -0.2) is 38.2 Å². The van der Waals surface area contributed by atoms with Crippen LogP contribution in [0.3, 0.4) is 0 Å². The number of aromatic amines is 2. The fourth-order valence-corrected chi connectivity index (χ4v) is 3.58. The van der Waals surface area contributed by atoms with Gasteiger partial charge in [0, 0.05) is 29.6 Å². The molecule has 0 amide bonds. The van der Waals surface area contributed by atoms with E-state index in [2.05, 4.69) is 31.1 Å². The van der Waals surface area contributed by atoms with Crippen molar-refractivity contribution in [2.75, 3.05) is 13.1 Å². The molecule has 3 aromatic rings. The van der Waals surface area contributed by atoms with Gasteiger partial charge in [0.2, 0.25) is 0 Å². The van der Waals surface area contributed by atoms with Crippen LogP contribution in [0, 0.1) is 0 Å². The maximum atomic E-state index is 6.27. The quantitative estimate of drug-likeness (QED) is 0.758. The molecule has 1 aliphatic rings. The summed E-state index contributed by atoms with van der Waals surface area (Å²) >= 11 is 6.27. The van der Waals surface area contributed by atoms with Crippen LogP contribution in [0.5, 0.6) is 0 Å². The molecule has 0 saturated carbocycles. The molecule has 2 N–H and O–H groups in total. The van der Waals surface area contributed by atoms with Crippen LogP contribution in [0.1, 0.15) is 30.3 Å². The zero-order chi connectivity index (χ0) is 16.4. The van der Waals surface area contributed by atoms with Gasteiger partial charge in [-0.2, -0.15) is 5.10 Å². The Morgan fingerprint density at radius 1 is 1.21 bits per heavy atom. The first-order chi connectivity index (χ1) is 11.8. The van der Waals surface area contributed by atoms with E-state index in [9.17, 15) is 0 Å². The van der Waals surface area contributed by atoms with Crippen molar-refractivity contribution in [1.82, 2.24) is 25.1 Å². The summed E-state index contributed by atoms with van der Waals surface area (Å²) in [4.78, 5) is 9.92. The van der Waals surface area contributed by atoms with E-state index in [-0.39, 0.29) is 0 Å². The van der Waals surface area contributed by atoms with E-state index in [0.29, 0.717) is 5.92 Å². The average molecular weight is 342 g/mol. The van der Waals surface area contributed by atoms with E-state index >= 15 is 0 Å². The van der Waals surface area contributed by atoms with Crippen molar-refractivity contribution in [1.29, 1.82) is 0 Å². The van der Waals surface area contributed by atoms with Crippen molar-refractivity contribution in [3.8, 4) is 11.3 Å². The molecule has 0 spiro atoms. The van der Waals surface area contributed by atoms with Gasteiger partial charge in [0.15, 0.2) is 0 Å². The smallest absolute Gasteiger partial charge is 0.120 e. The van der Waals surface area contributed by atoms with Gasteiger partial charge in [-0.15, -0.1) is 0 Å². The standard InChI is InChI=1S/C18H20ClN5/c19-15-4-2-1-3-14(15)17-11-16(22-23-17)13-5-9-24(10-6-13)12-18-20-7-8-21-18/h1-4,7-8,11,13H,5-6,9-10,12H2,(H,20,21)(H,22,23). The Morgan fingerprint density at radius 3 is 2.79 bits per heavy atom. The minimum absolute atomic E-state index is 0.529. The monoisotopic (exact) mass is 341 g/mol. The third-order valence-corrected chi connectivity index (χ3v) is 5.03. The average Bonchev–Trinajstić information content (AvgIpc) is 3.28. The van der Waals surface area contributed by atoms with E-state index in [1.807, 2.05) is 36.7 Å². The minimum atomic E-state index is 0.529. The molecule has 2 aromatic heterocycles. The number of aromatic nitrogens is 4. The Kier molecular flexibility index (Phi) is 4.36. The van der Waals surface area contributed by atoms with E-state index < -0.39 is 0 Å². The highest BCUT2D eigenvalue weighted by molar-refractivity contribution is 6.33. The second-order valence-electron chi connectivity index (χ2n) is 6.27. The Morgan fingerprint density at radius 2 is 2.04 bits per heavy atom. The number of nitrogens with one attached hydrogen (secondary N) is 2. The number of nitrogens with zero attached hydrogens (tertiary/aromatic N) is 3. The number of hydrogen-bond donors (Lipinski definition) is 2. The fourth-order valence-electron chi connectivity index (χ4n) is 3.35. The molecule has 1 saturated heterocycles. The largest absolute Gasteiger partial charge is 0.348 e. The summed E-state index contributed by atoms with van der Waals surface area (Å²) in [5, 5.41) is 8.42. The molecule has 0 unspecified atom stereocenters. The molecule has 1 aromatic carbocycles. The van der Waals surface area contributed by atoms with Crippen molar-refractivity contribution in [2.45, 2.75) is 25.3 Å². The number of imidazole rings is 1. The van der Waals surface area contributed by atoms with Gasteiger partial charge in [-0.3, -0.25) is 10.00 Å². The normalized spacial score (nSPS) is 16.5. The lowest BCUT2D eigenvalue weighted by molar-refractivity contribution is 0.199. The molecule has 0 aliphatic carbocycles. The van der Waals surface area contributed by atoms with E-state index in [4.69, 9.17) is 11.6 Å². The van der Waals surface area contributed by atoms with Crippen LogP contribution in [-0.2, 0) is 6.54 Å². The van der Waals surface area contributed by atoms with Gasteiger partial charge in [-0.25, -0.2) is 4.98 Å². The van der Waals surface area contributed by atoms with Crippen molar-refractivity contribution >= 4 is 11.6 Å². The highest BCUT2D eigenvalue weighted by Crippen LogP contribution is 2.31. The SMILES string of the molecule is Clc1ccccc1-c1cc(C2CCN(Cc3ncc[nH]3)CC2)[nH]n1. The Bertz CT molecular complexity index is 787. The zero-order valence-electron chi connectivity index (χ0n) is 13.4. The third kappa shape index (κ3) is 3.23. The molecular weight excluding hydrogens is 322 g/mol. The second kappa shape index (κ2) is 6.79. The molecule has 0 bridgehead atoms. The van der Waals surface area contributed by atoms with Gasteiger partial charge >= 0.3 is 0 Å². The highest BCUT2D eigenvalue weighted by atomic mass is 35.5. The zero-order valence-corrected chi connectivity index (χ0v) is 14.1. The lowest BCUT2D eigenvalue weighted by atomic mass is 9.93. The van der Waals surface area contributed by atoms with E-state index in [1.165, 1.54) is 5.69 Å². The second-order valence-corrected chi connectivity index (χ2v) is 6.68. The van der Waals surface area contributed by atoms with Crippen molar-refractivity contribution in [3.05, 3.63) is 59.3 Å². The Balaban J connectivity index is 1.40. The first kappa shape index (κ1) is 15.4. The van der Waals surface area contributed by atoms with Gasteiger partial charge in [0.25, 0.3) is 0 Å². The third-order valence-electron chi connectivity index (χ3n) is 4.70. The van der Waals surface area contributed by atoms with Crippen LogP contribution < -0.4 is 0 Å². The summed E-state index contributed by atoms with van der Waals surface area (Å²) in [7, 11) is 0. The Hall–Kier alpha value is -2.11. The summed E-state index contributed by atoms with van der Waals surface area (Å²) in [6, 6.07) is 9.98. The fraction of sp³-hybridized carbons (Fsp3) is 0.333. The van der Waals surface area contributed by atoms with Crippen LogP contribution >= 0.6 is 11.6 Å². The van der Waals surface area contributed by atoms with Gasteiger partial charge in [0.05, 0.1) is 17.3 Å². The number of piperidine rings is 1. The number of halogens is 1. The first-order valence-corrected chi connectivity index (χ1v) is 8.68. The summed E-state index contributed by atoms with van der Waals surface area (Å²) in [6.45, 7) is 3.05. The molecule has 3 heterocycles. The van der Waals surface area contributed by atoms with Crippen LogP contribution in [0.15, 0.2) is 42.7 Å². The topological polar surface area (TPSA) is 60.6 Å². The molecular formula is C18H20ClN5. The number of likely N-dealkylation sites (tertiary alicyclic amines) is 1. The molecule has 0 radical (unpaired) electrons. The lowest BCUT2D eigenvalue weighted by Gasteiger charge is -2.30. The molecule has 24 heavy (non-hydrogen) atoms. The maximum Gasteiger partial charge on any atom is 0.120 e. The van der Waals surface area contributed by atoms with Crippen LogP contribution in [0.2, 0.25) is 5.02 Å². The molecule has 124 valence electrons. The summed E-state index contributed by atoms with van der Waals surface area (Å²) in [5.41, 5.74) is 3.12. The number of H-pyrrole nitrogens is 2. The number of rotatable bonds is 4. The summed E-state index contributed by atoms with van der Waals surface area (Å²) < 4.78 is 0. The highest BCUT2D eigenvalue weighted by Gasteiger charge is 2.23. The number of hydrogen-bond acceptors (Lipinski definition) is 3. The van der Waals surface area contributed by atoms with Gasteiger partial charge in [-0.05, 0) is 38.1 Å². The Labute approximate surface area is 146 Å². The molecule has 6 heteroatoms. The molecule has 1 aliphatic heterocycles. The summed E-state index contributed by atoms with van der Waals surface area (Å²) in [6.07, 6.45) is 5.95. The van der Waals surface area contributed by atoms with Gasteiger partial charge in [-0.1, -0.05) is 29.8 Å². The van der Waals surface area contributed by atoms with E-state index in [0.717, 1.165) is 54.6 Å². The maximum absolute atomic E-state index is 6.27. The molecule has 1 fully saturated rings. The van der Waals surface area contributed by atoms with Crippen LogP contribution in [0.25, 0.3) is 11.3 Å². The van der Waals surface area contributed by atoms with Gasteiger partial charge in [0.1, 0.15) is 5.82 Å². The van der Waals surface area contributed by atoms with Crippen molar-refractivity contribution in [2.24, 2.45) is 0 Å². The minimum Gasteiger partial charge on any atom is -0.348 e. The van der Waals surface area contributed by atoms with Crippen LogP contribution in [0.4, 0.5) is 0 Å². The lowest BCUT2D eigenvalue weighted by Crippen LogP contribution is -2.32. The van der Waals surface area contributed by atoms with Crippen molar-refractivity contribution in [3.63, 3.8) is 0 Å². The number of benzene rings is 1. The summed E-state index contributed by atoms with van der Waals surface area (Å²) in [5.74, 6) is 1.57. The van der Waals surface area contributed by atoms with E-state index in [1.54, 1.807) is 0 Å². The molecule has 0 atom stereocenters.